The molecule has 0 radical (unpaired) electrons. The molecule has 0 aromatic heterocycles. The van der Waals surface area contributed by atoms with Crippen LogP contribution < -0.4 is 11.1 Å². The number of benzene rings is 1. The molecule has 1 unspecified atom stereocenters. The quantitative estimate of drug-likeness (QED) is 0.812. The molecule has 0 bridgehead atoms. The normalized spacial score (nSPS) is 16.6. The zero-order chi connectivity index (χ0) is 11.5. The van der Waals surface area contributed by atoms with E-state index in [1.54, 1.807) is 6.07 Å². The molecule has 3 N–H and O–H groups in total. The summed E-state index contributed by atoms with van der Waals surface area (Å²) in [5, 5.41) is 11.9. The van der Waals surface area contributed by atoms with Crippen LogP contribution >= 0.6 is 0 Å². The summed E-state index contributed by atoms with van der Waals surface area (Å²) >= 11 is 0. The maximum Gasteiger partial charge on any atom is 0.124 e. The Kier molecular flexibility index (Phi) is 3.07. The third kappa shape index (κ3) is 2.50. The first-order chi connectivity index (χ1) is 7.70. The minimum Gasteiger partial charge on any atom is -0.382 e. The maximum absolute atomic E-state index is 12.9. The number of hydrogen-bond donors (Lipinski definition) is 2. The minimum absolute atomic E-state index is 0.122. The molecular weight excluding hydrogens is 205 g/mol. The van der Waals surface area contributed by atoms with Crippen LogP contribution in [0, 0.1) is 23.1 Å². The van der Waals surface area contributed by atoms with Crippen molar-refractivity contribution in [3.05, 3.63) is 29.6 Å². The standard InChI is InChI=1S/C12H14FN3/c13-10-3-4-12(9(5-10)6-14)16-7-11(15)8-1-2-8/h3-5,8,11,16H,1-2,7,15H2. The van der Waals surface area contributed by atoms with Crippen LogP contribution in [0.3, 0.4) is 0 Å². The number of nitrogens with zero attached hydrogens (tertiary/aromatic N) is 1. The number of hydrogen-bond acceptors (Lipinski definition) is 3. The number of anilines is 1. The van der Waals surface area contributed by atoms with E-state index in [-0.39, 0.29) is 6.04 Å². The Balaban J connectivity index is 2.00. The Morgan fingerprint density at radius 2 is 2.31 bits per heavy atom. The lowest BCUT2D eigenvalue weighted by Crippen LogP contribution is -2.31. The molecule has 0 spiro atoms. The number of nitriles is 1. The SMILES string of the molecule is N#Cc1cc(F)ccc1NCC(N)C1CC1. The fourth-order valence-electron chi connectivity index (χ4n) is 1.68. The molecule has 16 heavy (non-hydrogen) atoms. The average molecular weight is 219 g/mol. The van der Waals surface area contributed by atoms with Gasteiger partial charge in [0.05, 0.1) is 11.3 Å². The van der Waals surface area contributed by atoms with Crippen molar-refractivity contribution in [3.63, 3.8) is 0 Å². The summed E-state index contributed by atoms with van der Waals surface area (Å²) in [5.74, 6) is 0.215. The zero-order valence-electron chi connectivity index (χ0n) is 8.91. The summed E-state index contributed by atoms with van der Waals surface area (Å²) in [6, 6.07) is 6.23. The molecule has 4 heteroatoms. The second kappa shape index (κ2) is 4.50. The van der Waals surface area contributed by atoms with E-state index in [1.165, 1.54) is 25.0 Å². The average Bonchev–Trinajstić information content (AvgIpc) is 3.10. The molecule has 0 aliphatic heterocycles. The van der Waals surface area contributed by atoms with Crippen molar-refractivity contribution in [2.75, 3.05) is 11.9 Å². The van der Waals surface area contributed by atoms with Crippen LogP contribution in [-0.2, 0) is 0 Å². The van der Waals surface area contributed by atoms with Crippen LogP contribution in [0.1, 0.15) is 18.4 Å². The molecule has 1 fully saturated rings. The monoisotopic (exact) mass is 219 g/mol. The number of nitrogens with one attached hydrogen (secondary N) is 1. The largest absolute Gasteiger partial charge is 0.382 e. The van der Waals surface area contributed by atoms with Gasteiger partial charge in [0.15, 0.2) is 0 Å². The molecular formula is C12H14FN3. The van der Waals surface area contributed by atoms with E-state index in [9.17, 15) is 4.39 Å². The summed E-state index contributed by atoms with van der Waals surface area (Å²) in [6.45, 7) is 0.630. The topological polar surface area (TPSA) is 61.8 Å². The molecule has 84 valence electrons. The van der Waals surface area contributed by atoms with Crippen molar-refractivity contribution in [1.29, 1.82) is 5.26 Å². The molecule has 0 saturated heterocycles. The summed E-state index contributed by atoms with van der Waals surface area (Å²) in [4.78, 5) is 0. The van der Waals surface area contributed by atoms with Crippen LogP contribution in [0.15, 0.2) is 18.2 Å². The predicted octanol–water partition coefficient (Wildman–Crippen LogP) is 1.85. The Morgan fingerprint density at radius 3 is 2.94 bits per heavy atom. The van der Waals surface area contributed by atoms with Crippen molar-refractivity contribution in [3.8, 4) is 6.07 Å². The first-order valence-electron chi connectivity index (χ1n) is 5.40. The van der Waals surface area contributed by atoms with E-state index in [0.29, 0.717) is 23.7 Å². The van der Waals surface area contributed by atoms with Gasteiger partial charge in [0, 0.05) is 12.6 Å². The predicted molar refractivity (Wildman–Crippen MR) is 60.3 cm³/mol. The van der Waals surface area contributed by atoms with E-state index in [1.807, 2.05) is 6.07 Å². The Morgan fingerprint density at radius 1 is 1.56 bits per heavy atom. The number of nitrogens with two attached hydrogens (primary N) is 1. The highest BCUT2D eigenvalue weighted by molar-refractivity contribution is 5.57. The minimum atomic E-state index is -0.395. The van der Waals surface area contributed by atoms with Gasteiger partial charge in [-0.15, -0.1) is 0 Å². The molecule has 1 saturated carbocycles. The fourth-order valence-corrected chi connectivity index (χ4v) is 1.68. The summed E-state index contributed by atoms with van der Waals surface area (Å²) in [5.41, 5.74) is 6.90. The van der Waals surface area contributed by atoms with Gasteiger partial charge in [0.2, 0.25) is 0 Å². The van der Waals surface area contributed by atoms with Crippen molar-refractivity contribution in [2.45, 2.75) is 18.9 Å². The van der Waals surface area contributed by atoms with E-state index >= 15 is 0 Å². The van der Waals surface area contributed by atoms with E-state index in [4.69, 9.17) is 11.0 Å². The van der Waals surface area contributed by atoms with Crippen LogP contribution in [0.25, 0.3) is 0 Å². The fraction of sp³-hybridized carbons (Fsp3) is 0.417. The van der Waals surface area contributed by atoms with Crippen LogP contribution in [0.5, 0.6) is 0 Å². The van der Waals surface area contributed by atoms with Crippen molar-refractivity contribution >= 4 is 5.69 Å². The molecule has 0 amide bonds. The van der Waals surface area contributed by atoms with Gasteiger partial charge in [0.25, 0.3) is 0 Å². The smallest absolute Gasteiger partial charge is 0.124 e. The molecule has 2 rings (SSSR count). The first kappa shape index (κ1) is 10.9. The third-order valence-corrected chi connectivity index (χ3v) is 2.86. The van der Waals surface area contributed by atoms with Gasteiger partial charge < -0.3 is 11.1 Å². The Bertz CT molecular complexity index is 421. The first-order valence-corrected chi connectivity index (χ1v) is 5.40. The second-order valence-electron chi connectivity index (χ2n) is 4.18. The molecule has 1 aliphatic rings. The maximum atomic E-state index is 12.9. The van der Waals surface area contributed by atoms with Gasteiger partial charge in [-0.3, -0.25) is 0 Å². The lowest BCUT2D eigenvalue weighted by atomic mass is 10.1. The number of halogens is 1. The molecule has 1 aromatic rings. The Hall–Kier alpha value is -1.60. The Labute approximate surface area is 94.1 Å². The van der Waals surface area contributed by atoms with Gasteiger partial charge in [-0.1, -0.05) is 0 Å². The highest BCUT2D eigenvalue weighted by atomic mass is 19.1. The van der Waals surface area contributed by atoms with Gasteiger partial charge in [-0.2, -0.15) is 5.26 Å². The van der Waals surface area contributed by atoms with Gasteiger partial charge in [-0.05, 0) is 37.0 Å². The third-order valence-electron chi connectivity index (χ3n) is 2.86. The summed E-state index contributed by atoms with van der Waals surface area (Å²) in [7, 11) is 0. The van der Waals surface area contributed by atoms with Gasteiger partial charge in [0.1, 0.15) is 11.9 Å². The molecule has 1 atom stereocenters. The lowest BCUT2D eigenvalue weighted by Gasteiger charge is -2.13. The number of rotatable bonds is 4. The van der Waals surface area contributed by atoms with Gasteiger partial charge in [-0.25, -0.2) is 4.39 Å². The summed E-state index contributed by atoms with van der Waals surface area (Å²) < 4.78 is 12.9. The lowest BCUT2D eigenvalue weighted by molar-refractivity contribution is 0.619. The zero-order valence-corrected chi connectivity index (χ0v) is 8.91. The van der Waals surface area contributed by atoms with Crippen LogP contribution in [0.4, 0.5) is 10.1 Å². The van der Waals surface area contributed by atoms with E-state index < -0.39 is 5.82 Å². The van der Waals surface area contributed by atoms with Crippen molar-refractivity contribution in [1.82, 2.24) is 0 Å². The van der Waals surface area contributed by atoms with E-state index in [2.05, 4.69) is 5.32 Å². The summed E-state index contributed by atoms with van der Waals surface area (Å²) in [6.07, 6.45) is 2.38. The second-order valence-corrected chi connectivity index (χ2v) is 4.18. The van der Waals surface area contributed by atoms with Gasteiger partial charge >= 0.3 is 0 Å². The molecule has 0 heterocycles. The molecule has 3 nitrogen and oxygen atoms in total. The molecule has 1 aliphatic carbocycles. The van der Waals surface area contributed by atoms with Crippen LogP contribution in [0.2, 0.25) is 0 Å². The van der Waals surface area contributed by atoms with E-state index in [0.717, 1.165) is 0 Å². The molecule has 1 aromatic carbocycles. The highest BCUT2D eigenvalue weighted by Crippen LogP contribution is 2.31. The van der Waals surface area contributed by atoms with Crippen molar-refractivity contribution in [2.24, 2.45) is 11.7 Å². The van der Waals surface area contributed by atoms with Crippen molar-refractivity contribution < 1.29 is 4.39 Å². The van der Waals surface area contributed by atoms with Crippen LogP contribution in [-0.4, -0.2) is 12.6 Å². The highest BCUT2D eigenvalue weighted by Gasteiger charge is 2.28.